The molecule has 2 heteroatoms. The zero-order chi connectivity index (χ0) is 11.1. The van der Waals surface area contributed by atoms with E-state index in [9.17, 15) is 4.39 Å². The first-order chi connectivity index (χ1) is 7.24. The third-order valence-electron chi connectivity index (χ3n) is 2.06. The summed E-state index contributed by atoms with van der Waals surface area (Å²) in [4.78, 5) is 0. The Hall–Kier alpha value is -0.810. The number of hydrogen-bond donors (Lipinski definition) is 0. The normalized spacial score (nSPS) is 9.53. The quantitative estimate of drug-likeness (QED) is 0.559. The highest BCUT2D eigenvalue weighted by atomic mass is 79.9. The predicted molar refractivity (Wildman–Crippen MR) is 65.1 cm³/mol. The van der Waals surface area contributed by atoms with E-state index in [-0.39, 0.29) is 5.82 Å². The van der Waals surface area contributed by atoms with Crippen LogP contribution in [0.1, 0.15) is 38.2 Å². The van der Waals surface area contributed by atoms with Gasteiger partial charge in [0.25, 0.3) is 0 Å². The molecule has 0 spiro atoms. The third kappa shape index (κ3) is 4.48. The number of unbranched alkanes of at least 4 members (excludes halogenated alkanes) is 3. The standard InChI is InChI=1S/C13H14BrF/c1-2-3-4-5-6-7-11-8-9-12(14)13(15)10-11/h8-10H,2-5H2,1H3. The Kier molecular flexibility index (Phi) is 5.42. The van der Waals surface area contributed by atoms with Gasteiger partial charge in [-0.2, -0.15) is 0 Å². The maximum absolute atomic E-state index is 13.1. The highest BCUT2D eigenvalue weighted by Gasteiger charge is 1.97. The van der Waals surface area contributed by atoms with Gasteiger partial charge in [0.2, 0.25) is 0 Å². The molecular formula is C13H14BrF. The topological polar surface area (TPSA) is 0 Å². The van der Waals surface area contributed by atoms with Crippen LogP contribution in [0.5, 0.6) is 0 Å². The summed E-state index contributed by atoms with van der Waals surface area (Å²) in [6.07, 6.45) is 4.44. The van der Waals surface area contributed by atoms with Crippen LogP contribution in [0.25, 0.3) is 0 Å². The highest BCUT2D eigenvalue weighted by Crippen LogP contribution is 2.15. The summed E-state index contributed by atoms with van der Waals surface area (Å²) >= 11 is 3.11. The predicted octanol–water partition coefficient (Wildman–Crippen LogP) is 4.52. The summed E-state index contributed by atoms with van der Waals surface area (Å²) in [7, 11) is 0. The maximum atomic E-state index is 13.1. The Bertz CT molecular complexity index is 374. The molecule has 0 aliphatic heterocycles. The van der Waals surface area contributed by atoms with Crippen molar-refractivity contribution in [2.45, 2.75) is 32.6 Å². The van der Waals surface area contributed by atoms with Crippen molar-refractivity contribution in [2.24, 2.45) is 0 Å². The Morgan fingerprint density at radius 2 is 2.13 bits per heavy atom. The summed E-state index contributed by atoms with van der Waals surface area (Å²) in [6.45, 7) is 2.16. The Labute approximate surface area is 99.0 Å². The minimum Gasteiger partial charge on any atom is -0.206 e. The summed E-state index contributed by atoms with van der Waals surface area (Å²) in [5, 5.41) is 0. The minimum absolute atomic E-state index is 0.254. The van der Waals surface area contributed by atoms with E-state index in [0.29, 0.717) is 4.47 Å². The molecule has 0 heterocycles. The fourth-order valence-electron chi connectivity index (χ4n) is 1.20. The van der Waals surface area contributed by atoms with Gasteiger partial charge < -0.3 is 0 Å². The van der Waals surface area contributed by atoms with Crippen molar-refractivity contribution in [1.82, 2.24) is 0 Å². The summed E-state index contributed by atoms with van der Waals surface area (Å²) < 4.78 is 13.6. The van der Waals surface area contributed by atoms with Crippen LogP contribution in [0.4, 0.5) is 4.39 Å². The van der Waals surface area contributed by atoms with E-state index in [2.05, 4.69) is 34.7 Å². The van der Waals surface area contributed by atoms with Gasteiger partial charge in [0, 0.05) is 12.0 Å². The lowest BCUT2D eigenvalue weighted by Crippen LogP contribution is -1.80. The monoisotopic (exact) mass is 268 g/mol. The molecule has 1 aromatic carbocycles. The van der Waals surface area contributed by atoms with Gasteiger partial charge >= 0.3 is 0 Å². The average molecular weight is 269 g/mol. The Morgan fingerprint density at radius 1 is 1.33 bits per heavy atom. The zero-order valence-electron chi connectivity index (χ0n) is 8.82. The molecule has 0 bridgehead atoms. The van der Waals surface area contributed by atoms with Crippen molar-refractivity contribution in [3.05, 3.63) is 34.1 Å². The molecule has 0 aliphatic rings. The van der Waals surface area contributed by atoms with Crippen LogP contribution >= 0.6 is 15.9 Å². The number of halogens is 2. The van der Waals surface area contributed by atoms with E-state index in [0.717, 1.165) is 18.4 Å². The molecule has 0 nitrogen and oxygen atoms in total. The molecule has 0 unspecified atom stereocenters. The average Bonchev–Trinajstić information content (AvgIpc) is 2.23. The molecule has 0 aromatic heterocycles. The van der Waals surface area contributed by atoms with Crippen LogP contribution in [0.2, 0.25) is 0 Å². The number of benzene rings is 1. The second-order valence-electron chi connectivity index (χ2n) is 3.39. The third-order valence-corrected chi connectivity index (χ3v) is 2.70. The minimum atomic E-state index is -0.254. The van der Waals surface area contributed by atoms with Gasteiger partial charge in [-0.3, -0.25) is 0 Å². The molecule has 0 atom stereocenters. The Balaban J connectivity index is 2.53. The van der Waals surface area contributed by atoms with E-state index in [1.54, 1.807) is 6.07 Å². The van der Waals surface area contributed by atoms with Crippen molar-refractivity contribution in [1.29, 1.82) is 0 Å². The summed E-state index contributed by atoms with van der Waals surface area (Å²) in [5.41, 5.74) is 0.743. The smallest absolute Gasteiger partial charge is 0.138 e. The van der Waals surface area contributed by atoms with Gasteiger partial charge in [-0.25, -0.2) is 4.39 Å². The molecule has 0 radical (unpaired) electrons. The molecule has 0 fully saturated rings. The first-order valence-corrected chi connectivity index (χ1v) is 5.97. The lowest BCUT2D eigenvalue weighted by atomic mass is 10.2. The summed E-state index contributed by atoms with van der Waals surface area (Å²) in [6, 6.07) is 4.96. The van der Waals surface area contributed by atoms with E-state index >= 15 is 0 Å². The fraction of sp³-hybridized carbons (Fsp3) is 0.385. The molecular weight excluding hydrogens is 255 g/mol. The molecule has 0 aliphatic carbocycles. The molecule has 0 saturated heterocycles. The molecule has 80 valence electrons. The number of rotatable bonds is 3. The lowest BCUT2D eigenvalue weighted by molar-refractivity contribution is 0.620. The summed E-state index contributed by atoms with van der Waals surface area (Å²) in [5.74, 6) is 5.76. The van der Waals surface area contributed by atoms with Gasteiger partial charge in [-0.1, -0.05) is 31.6 Å². The van der Waals surface area contributed by atoms with Gasteiger partial charge in [0.15, 0.2) is 0 Å². The lowest BCUT2D eigenvalue weighted by Gasteiger charge is -1.94. The second kappa shape index (κ2) is 6.63. The fourth-order valence-corrected chi connectivity index (χ4v) is 1.45. The zero-order valence-corrected chi connectivity index (χ0v) is 10.4. The maximum Gasteiger partial charge on any atom is 0.138 e. The molecule has 1 aromatic rings. The van der Waals surface area contributed by atoms with E-state index < -0.39 is 0 Å². The largest absolute Gasteiger partial charge is 0.206 e. The van der Waals surface area contributed by atoms with Crippen LogP contribution < -0.4 is 0 Å². The first-order valence-electron chi connectivity index (χ1n) is 5.18. The first kappa shape index (κ1) is 12.3. The second-order valence-corrected chi connectivity index (χ2v) is 4.24. The highest BCUT2D eigenvalue weighted by molar-refractivity contribution is 9.10. The van der Waals surface area contributed by atoms with Gasteiger partial charge in [-0.15, -0.1) is 0 Å². The van der Waals surface area contributed by atoms with Gasteiger partial charge in [0.05, 0.1) is 4.47 Å². The Morgan fingerprint density at radius 3 is 2.80 bits per heavy atom. The SMILES string of the molecule is CCCCCC#Cc1ccc(Br)c(F)c1. The molecule has 0 N–H and O–H groups in total. The van der Waals surface area contributed by atoms with Gasteiger partial charge in [0.1, 0.15) is 5.82 Å². The van der Waals surface area contributed by atoms with E-state index in [4.69, 9.17) is 0 Å². The van der Waals surface area contributed by atoms with E-state index in [1.165, 1.54) is 18.9 Å². The van der Waals surface area contributed by atoms with Crippen LogP contribution in [-0.4, -0.2) is 0 Å². The van der Waals surface area contributed by atoms with Crippen LogP contribution in [0.3, 0.4) is 0 Å². The van der Waals surface area contributed by atoms with Crippen molar-refractivity contribution < 1.29 is 4.39 Å². The number of hydrogen-bond acceptors (Lipinski definition) is 0. The van der Waals surface area contributed by atoms with Crippen molar-refractivity contribution in [2.75, 3.05) is 0 Å². The molecule has 0 amide bonds. The van der Waals surface area contributed by atoms with Crippen molar-refractivity contribution >= 4 is 15.9 Å². The van der Waals surface area contributed by atoms with Crippen LogP contribution in [-0.2, 0) is 0 Å². The van der Waals surface area contributed by atoms with Crippen molar-refractivity contribution in [3.63, 3.8) is 0 Å². The molecule has 1 rings (SSSR count). The van der Waals surface area contributed by atoms with Crippen LogP contribution in [0.15, 0.2) is 22.7 Å². The molecule has 0 saturated carbocycles. The van der Waals surface area contributed by atoms with Crippen LogP contribution in [0, 0.1) is 17.7 Å². The van der Waals surface area contributed by atoms with Gasteiger partial charge in [-0.05, 0) is 40.5 Å². The van der Waals surface area contributed by atoms with E-state index in [1.807, 2.05) is 6.07 Å². The molecule has 15 heavy (non-hydrogen) atoms. The van der Waals surface area contributed by atoms with Crippen molar-refractivity contribution in [3.8, 4) is 11.8 Å².